The summed E-state index contributed by atoms with van der Waals surface area (Å²) in [5.74, 6) is 0. The van der Waals surface area contributed by atoms with Crippen molar-refractivity contribution in [1.82, 2.24) is 4.90 Å². The average molecular weight is 374 g/mol. The van der Waals surface area contributed by atoms with E-state index >= 15 is 0 Å². The number of para-hydroxylation sites is 1. The molecule has 2 aromatic carbocycles. The smallest absolute Gasteiger partial charge is 0.407 e. The molecule has 0 atom stereocenters. The molecule has 0 saturated carbocycles. The fourth-order valence-electron chi connectivity index (χ4n) is 3.30. The number of hydrogen-bond acceptors (Lipinski definition) is 4. The fraction of sp³-hybridized carbons (Fsp3) is 0.316. The van der Waals surface area contributed by atoms with E-state index in [0.29, 0.717) is 36.8 Å². The zero-order valence-corrected chi connectivity index (χ0v) is 15.7. The number of amides is 1. The summed E-state index contributed by atoms with van der Waals surface area (Å²) in [6.07, 6.45) is -0.944. The molecule has 1 fully saturated rings. The zero-order chi connectivity index (χ0) is 18.9. The molecule has 1 heterocycles. The highest BCUT2D eigenvalue weighted by atomic mass is 32.2. The van der Waals surface area contributed by atoms with Gasteiger partial charge in [0.25, 0.3) is 0 Å². The van der Waals surface area contributed by atoms with Crippen LogP contribution in [0.25, 0.3) is 0 Å². The Morgan fingerprint density at radius 3 is 2.23 bits per heavy atom. The van der Waals surface area contributed by atoms with Crippen molar-refractivity contribution in [3.63, 3.8) is 0 Å². The Bertz CT molecular complexity index is 932. The third kappa shape index (κ3) is 3.39. The van der Waals surface area contributed by atoms with Crippen molar-refractivity contribution >= 4 is 21.6 Å². The first-order chi connectivity index (χ1) is 12.3. The van der Waals surface area contributed by atoms with Gasteiger partial charge in [0.05, 0.1) is 15.5 Å². The van der Waals surface area contributed by atoms with Gasteiger partial charge in [-0.2, -0.15) is 0 Å². The molecule has 0 aromatic heterocycles. The van der Waals surface area contributed by atoms with Gasteiger partial charge in [-0.15, -0.1) is 0 Å². The minimum Gasteiger partial charge on any atom is -0.465 e. The number of nitrogens with zero attached hydrogens (tertiary/aromatic N) is 2. The number of rotatable bonds is 3. The Balaban J connectivity index is 1.98. The van der Waals surface area contributed by atoms with Crippen LogP contribution in [-0.4, -0.2) is 50.7 Å². The van der Waals surface area contributed by atoms with Crippen molar-refractivity contribution in [3.05, 3.63) is 53.6 Å². The van der Waals surface area contributed by atoms with E-state index in [1.165, 1.54) is 4.90 Å². The highest BCUT2D eigenvalue weighted by Crippen LogP contribution is 2.32. The predicted octanol–water partition coefficient (Wildman–Crippen LogP) is 2.94. The maximum absolute atomic E-state index is 13.3. The van der Waals surface area contributed by atoms with E-state index in [0.717, 1.165) is 11.1 Å². The number of piperazine rings is 1. The third-order valence-corrected chi connectivity index (χ3v) is 6.63. The molecule has 1 amide bonds. The van der Waals surface area contributed by atoms with Gasteiger partial charge in [0.15, 0.2) is 0 Å². The molecule has 1 N–H and O–H groups in total. The van der Waals surface area contributed by atoms with Crippen LogP contribution in [0, 0.1) is 13.8 Å². The standard InChI is InChI=1S/C19H22N2O4S/c1-14-7-8-17(15(2)13-14)26(24,25)18-6-4-3-5-16(18)20-9-11-21(12-10-20)19(22)23/h3-8,13H,9-12H2,1-2H3,(H,22,23). The molecular weight excluding hydrogens is 352 g/mol. The summed E-state index contributed by atoms with van der Waals surface area (Å²) in [4.78, 5) is 14.9. The van der Waals surface area contributed by atoms with Crippen LogP contribution in [-0.2, 0) is 9.84 Å². The molecule has 26 heavy (non-hydrogen) atoms. The van der Waals surface area contributed by atoms with E-state index in [1.54, 1.807) is 43.3 Å². The number of hydrogen-bond donors (Lipinski definition) is 1. The van der Waals surface area contributed by atoms with E-state index < -0.39 is 15.9 Å². The van der Waals surface area contributed by atoms with Crippen molar-refractivity contribution in [3.8, 4) is 0 Å². The van der Waals surface area contributed by atoms with Crippen LogP contribution in [0.15, 0.2) is 52.3 Å². The molecule has 0 spiro atoms. The number of carbonyl (C=O) groups is 1. The summed E-state index contributed by atoms with van der Waals surface area (Å²) in [5.41, 5.74) is 2.35. The summed E-state index contributed by atoms with van der Waals surface area (Å²) in [5, 5.41) is 9.09. The molecule has 6 nitrogen and oxygen atoms in total. The topological polar surface area (TPSA) is 77.9 Å². The molecule has 2 aromatic rings. The van der Waals surface area contributed by atoms with E-state index in [4.69, 9.17) is 5.11 Å². The average Bonchev–Trinajstić information content (AvgIpc) is 2.61. The largest absolute Gasteiger partial charge is 0.465 e. The van der Waals surface area contributed by atoms with E-state index in [2.05, 4.69) is 0 Å². The second-order valence-electron chi connectivity index (χ2n) is 6.50. The maximum Gasteiger partial charge on any atom is 0.407 e. The lowest BCUT2D eigenvalue weighted by molar-refractivity contribution is 0.142. The van der Waals surface area contributed by atoms with E-state index in [1.807, 2.05) is 17.9 Å². The summed E-state index contributed by atoms with van der Waals surface area (Å²) in [7, 11) is -3.67. The molecule has 0 radical (unpaired) electrons. The molecule has 138 valence electrons. The van der Waals surface area contributed by atoms with Crippen LogP contribution in [0.1, 0.15) is 11.1 Å². The molecule has 1 aliphatic rings. The van der Waals surface area contributed by atoms with Gasteiger partial charge >= 0.3 is 6.09 Å². The van der Waals surface area contributed by atoms with Gasteiger partial charge in [-0.3, -0.25) is 0 Å². The number of benzene rings is 2. The lowest BCUT2D eigenvalue weighted by Crippen LogP contribution is -2.48. The quantitative estimate of drug-likeness (QED) is 0.894. The molecule has 1 saturated heterocycles. The Morgan fingerprint density at radius 2 is 1.62 bits per heavy atom. The number of sulfone groups is 1. The van der Waals surface area contributed by atoms with Crippen LogP contribution in [0.3, 0.4) is 0 Å². The number of carboxylic acid groups (broad SMARTS) is 1. The number of anilines is 1. The van der Waals surface area contributed by atoms with Crippen molar-refractivity contribution in [2.75, 3.05) is 31.1 Å². The lowest BCUT2D eigenvalue weighted by Gasteiger charge is -2.35. The van der Waals surface area contributed by atoms with Gasteiger partial charge in [-0.25, -0.2) is 13.2 Å². The Hall–Kier alpha value is -2.54. The monoisotopic (exact) mass is 374 g/mol. The minimum absolute atomic E-state index is 0.260. The molecule has 0 aliphatic carbocycles. The molecule has 1 aliphatic heterocycles. The van der Waals surface area contributed by atoms with Crippen molar-refractivity contribution < 1.29 is 18.3 Å². The second kappa shape index (κ2) is 6.99. The molecular formula is C19H22N2O4S. The highest BCUT2D eigenvalue weighted by molar-refractivity contribution is 7.91. The lowest BCUT2D eigenvalue weighted by atomic mass is 10.2. The highest BCUT2D eigenvalue weighted by Gasteiger charge is 2.27. The third-order valence-electron chi connectivity index (χ3n) is 4.67. The van der Waals surface area contributed by atoms with Crippen molar-refractivity contribution in [2.24, 2.45) is 0 Å². The summed E-state index contributed by atoms with van der Waals surface area (Å²) in [6.45, 7) is 5.37. The fourth-order valence-corrected chi connectivity index (χ4v) is 5.00. The van der Waals surface area contributed by atoms with Gasteiger partial charge in [0, 0.05) is 26.2 Å². The Labute approximate surface area is 153 Å². The van der Waals surface area contributed by atoms with E-state index in [-0.39, 0.29) is 4.90 Å². The summed E-state index contributed by atoms with van der Waals surface area (Å²) < 4.78 is 26.5. The first-order valence-electron chi connectivity index (χ1n) is 8.45. The molecule has 0 unspecified atom stereocenters. The molecule has 7 heteroatoms. The van der Waals surface area contributed by atoms with Crippen LogP contribution >= 0.6 is 0 Å². The first-order valence-corrected chi connectivity index (χ1v) is 9.93. The van der Waals surface area contributed by atoms with Crippen LogP contribution in [0.4, 0.5) is 10.5 Å². The summed E-state index contributed by atoms with van der Waals surface area (Å²) in [6, 6.07) is 12.2. The molecule has 3 rings (SSSR count). The van der Waals surface area contributed by atoms with Gasteiger partial charge in [0.2, 0.25) is 9.84 Å². The van der Waals surface area contributed by atoms with Crippen LogP contribution in [0.5, 0.6) is 0 Å². The number of aryl methyl sites for hydroxylation is 2. The molecule has 0 bridgehead atoms. The van der Waals surface area contributed by atoms with Gasteiger partial charge < -0.3 is 14.9 Å². The zero-order valence-electron chi connectivity index (χ0n) is 14.8. The Morgan fingerprint density at radius 1 is 0.962 bits per heavy atom. The van der Waals surface area contributed by atoms with E-state index in [9.17, 15) is 13.2 Å². The summed E-state index contributed by atoms with van der Waals surface area (Å²) >= 11 is 0. The maximum atomic E-state index is 13.3. The SMILES string of the molecule is Cc1ccc(S(=O)(=O)c2ccccc2N2CCN(C(=O)O)CC2)c(C)c1. The Kier molecular flexibility index (Phi) is 4.91. The normalized spacial score (nSPS) is 15.2. The van der Waals surface area contributed by atoms with Crippen LogP contribution < -0.4 is 4.90 Å². The van der Waals surface area contributed by atoms with Gasteiger partial charge in [0.1, 0.15) is 0 Å². The van der Waals surface area contributed by atoms with Gasteiger partial charge in [-0.05, 0) is 37.6 Å². The van der Waals surface area contributed by atoms with Gasteiger partial charge in [-0.1, -0.05) is 29.8 Å². The van der Waals surface area contributed by atoms with Crippen molar-refractivity contribution in [1.29, 1.82) is 0 Å². The predicted molar refractivity (Wildman–Crippen MR) is 99.6 cm³/mol. The second-order valence-corrected chi connectivity index (χ2v) is 8.38. The first kappa shape index (κ1) is 18.3. The minimum atomic E-state index is -3.67. The van der Waals surface area contributed by atoms with Crippen molar-refractivity contribution in [2.45, 2.75) is 23.6 Å². The van der Waals surface area contributed by atoms with Crippen LogP contribution in [0.2, 0.25) is 0 Å².